The highest BCUT2D eigenvalue weighted by atomic mass is 35.5. The van der Waals surface area contributed by atoms with Gasteiger partial charge in [-0.05, 0) is 49.4 Å². The van der Waals surface area contributed by atoms with Crippen molar-refractivity contribution < 1.29 is 9.53 Å². The molecule has 0 spiro atoms. The van der Waals surface area contributed by atoms with Gasteiger partial charge in [-0.1, -0.05) is 18.9 Å². The van der Waals surface area contributed by atoms with Crippen LogP contribution < -0.4 is 15.4 Å². The fraction of sp³-hybridized carbons (Fsp3) is 0.400. The first kappa shape index (κ1) is 21.5. The van der Waals surface area contributed by atoms with E-state index in [1.54, 1.807) is 24.5 Å². The van der Waals surface area contributed by atoms with Gasteiger partial charge in [-0.25, -0.2) is 0 Å². The van der Waals surface area contributed by atoms with Gasteiger partial charge < -0.3 is 15.4 Å². The van der Waals surface area contributed by atoms with Crippen molar-refractivity contribution in [3.8, 4) is 11.5 Å². The summed E-state index contributed by atoms with van der Waals surface area (Å²) in [5.74, 6) is 2.12. The molecule has 2 heterocycles. The molecule has 4 rings (SSSR count). The summed E-state index contributed by atoms with van der Waals surface area (Å²) in [5.41, 5.74) is 0.758. The van der Waals surface area contributed by atoms with E-state index in [9.17, 15) is 4.79 Å². The highest BCUT2D eigenvalue weighted by Crippen LogP contribution is 2.33. The van der Waals surface area contributed by atoms with E-state index in [2.05, 4.69) is 15.6 Å². The Morgan fingerprint density at radius 3 is 2.63 bits per heavy atom. The van der Waals surface area contributed by atoms with Gasteiger partial charge in [0.15, 0.2) is 0 Å². The van der Waals surface area contributed by atoms with E-state index >= 15 is 0 Å². The largest absolute Gasteiger partial charge is 0.457 e. The number of anilines is 1. The second-order valence-corrected chi connectivity index (χ2v) is 6.91. The summed E-state index contributed by atoms with van der Waals surface area (Å²) in [7, 11) is 0. The number of rotatable bonds is 4. The fourth-order valence-corrected chi connectivity index (χ4v) is 3.93. The Bertz CT molecular complexity index is 731. The lowest BCUT2D eigenvalue weighted by molar-refractivity contribution is -0.117. The van der Waals surface area contributed by atoms with Crippen LogP contribution in [0.1, 0.15) is 32.1 Å². The molecule has 1 aliphatic carbocycles. The molecule has 1 saturated heterocycles. The summed E-state index contributed by atoms with van der Waals surface area (Å²) in [6, 6.07) is 11.5. The number of carbonyl (C=O) groups is 1. The molecule has 2 aliphatic rings. The van der Waals surface area contributed by atoms with E-state index in [0.717, 1.165) is 17.9 Å². The maximum absolute atomic E-state index is 12.6. The van der Waals surface area contributed by atoms with Crippen molar-refractivity contribution in [2.45, 2.75) is 44.2 Å². The first-order valence-electron chi connectivity index (χ1n) is 9.03. The van der Waals surface area contributed by atoms with E-state index in [-0.39, 0.29) is 36.8 Å². The molecular formula is C20H25Cl2N3O2. The lowest BCUT2D eigenvalue weighted by Crippen LogP contribution is -2.39. The second-order valence-electron chi connectivity index (χ2n) is 6.91. The minimum atomic E-state index is -0.0853. The summed E-state index contributed by atoms with van der Waals surface area (Å²) >= 11 is 0. The van der Waals surface area contributed by atoms with Crippen LogP contribution in [-0.2, 0) is 4.79 Å². The summed E-state index contributed by atoms with van der Waals surface area (Å²) in [5, 5.41) is 6.54. The smallest absolute Gasteiger partial charge is 0.241 e. The van der Waals surface area contributed by atoms with Crippen molar-refractivity contribution in [1.29, 1.82) is 0 Å². The Labute approximate surface area is 172 Å². The van der Waals surface area contributed by atoms with Gasteiger partial charge in [0.1, 0.15) is 11.5 Å². The molecule has 1 amide bonds. The first-order chi connectivity index (χ1) is 12.3. The third-order valence-electron chi connectivity index (χ3n) is 5.17. The number of nitrogens with one attached hydrogen (secondary N) is 2. The van der Waals surface area contributed by atoms with E-state index in [4.69, 9.17) is 4.74 Å². The van der Waals surface area contributed by atoms with E-state index < -0.39 is 0 Å². The Kier molecular flexibility index (Phi) is 7.90. The molecule has 27 heavy (non-hydrogen) atoms. The van der Waals surface area contributed by atoms with Crippen LogP contribution in [-0.4, -0.2) is 23.0 Å². The number of ether oxygens (including phenoxy) is 1. The Balaban J connectivity index is 0.00000131. The molecule has 1 aliphatic heterocycles. The summed E-state index contributed by atoms with van der Waals surface area (Å²) in [6.45, 7) is 0. The zero-order chi connectivity index (χ0) is 17.1. The molecule has 0 radical (unpaired) electrons. The molecular weight excluding hydrogens is 385 g/mol. The van der Waals surface area contributed by atoms with Crippen molar-refractivity contribution in [2.75, 3.05) is 5.32 Å². The number of fused-ring (bicyclic) bond motifs is 1. The molecule has 0 bridgehead atoms. The number of benzene rings is 1. The highest BCUT2D eigenvalue weighted by molar-refractivity contribution is 5.95. The van der Waals surface area contributed by atoms with Crippen LogP contribution >= 0.6 is 24.8 Å². The van der Waals surface area contributed by atoms with Crippen molar-refractivity contribution in [3.63, 3.8) is 0 Å². The standard InChI is InChI=1S/C20H23N3O2.2ClH/c24-20(19-12-14-4-1-2-7-18(14)23-19)22-15-5-3-6-17(13-15)25-16-8-10-21-11-9-16;;/h3,5-6,8-11,13-14,18-19,23H,1-2,4,7,12H2,(H,22,24);2*1H. The Hall–Kier alpha value is -1.82. The molecule has 2 aromatic rings. The average molecular weight is 410 g/mol. The molecule has 7 heteroatoms. The van der Waals surface area contributed by atoms with Gasteiger partial charge in [0.05, 0.1) is 6.04 Å². The quantitative estimate of drug-likeness (QED) is 0.775. The van der Waals surface area contributed by atoms with Crippen LogP contribution in [0.4, 0.5) is 5.69 Å². The number of amides is 1. The molecule has 2 fully saturated rings. The predicted octanol–water partition coefficient (Wildman–Crippen LogP) is 4.58. The number of pyridine rings is 1. The van der Waals surface area contributed by atoms with Crippen molar-refractivity contribution in [1.82, 2.24) is 10.3 Å². The topological polar surface area (TPSA) is 63.2 Å². The van der Waals surface area contributed by atoms with Crippen molar-refractivity contribution >= 4 is 36.4 Å². The Morgan fingerprint density at radius 2 is 1.85 bits per heavy atom. The normalized spacial score (nSPS) is 23.3. The van der Waals surface area contributed by atoms with Crippen LogP contribution in [0.5, 0.6) is 11.5 Å². The molecule has 5 nitrogen and oxygen atoms in total. The lowest BCUT2D eigenvalue weighted by Gasteiger charge is -2.24. The van der Waals surface area contributed by atoms with Crippen LogP contribution in [0.2, 0.25) is 0 Å². The van der Waals surface area contributed by atoms with Gasteiger partial charge in [-0.15, -0.1) is 24.8 Å². The second kappa shape index (κ2) is 9.93. The monoisotopic (exact) mass is 409 g/mol. The van der Waals surface area contributed by atoms with Crippen LogP contribution in [0.25, 0.3) is 0 Å². The number of nitrogens with zero attached hydrogens (tertiary/aromatic N) is 1. The number of hydrogen-bond donors (Lipinski definition) is 2. The minimum absolute atomic E-state index is 0. The first-order valence-corrected chi connectivity index (χ1v) is 9.03. The molecule has 3 atom stereocenters. The molecule has 146 valence electrons. The van der Waals surface area contributed by atoms with Gasteiger partial charge in [0.25, 0.3) is 0 Å². The van der Waals surface area contributed by atoms with Crippen LogP contribution in [0, 0.1) is 5.92 Å². The van der Waals surface area contributed by atoms with E-state index in [1.807, 2.05) is 24.3 Å². The maximum Gasteiger partial charge on any atom is 0.241 e. The van der Waals surface area contributed by atoms with Crippen LogP contribution in [0.15, 0.2) is 48.8 Å². The van der Waals surface area contributed by atoms with Gasteiger partial charge in [-0.3, -0.25) is 9.78 Å². The van der Waals surface area contributed by atoms with Gasteiger partial charge in [0.2, 0.25) is 5.91 Å². The summed E-state index contributed by atoms with van der Waals surface area (Å²) < 4.78 is 5.80. The van der Waals surface area contributed by atoms with Crippen molar-refractivity contribution in [2.24, 2.45) is 5.92 Å². The third kappa shape index (κ3) is 5.34. The van der Waals surface area contributed by atoms with Crippen LogP contribution in [0.3, 0.4) is 0 Å². The zero-order valence-corrected chi connectivity index (χ0v) is 16.6. The van der Waals surface area contributed by atoms with E-state index in [1.165, 1.54) is 25.7 Å². The summed E-state index contributed by atoms with van der Waals surface area (Å²) in [4.78, 5) is 16.6. The summed E-state index contributed by atoms with van der Waals surface area (Å²) in [6.07, 6.45) is 9.34. The molecule has 1 aromatic carbocycles. The maximum atomic E-state index is 12.6. The Morgan fingerprint density at radius 1 is 1.07 bits per heavy atom. The molecule has 3 unspecified atom stereocenters. The fourth-order valence-electron chi connectivity index (χ4n) is 3.93. The lowest BCUT2D eigenvalue weighted by atomic mass is 9.85. The zero-order valence-electron chi connectivity index (χ0n) is 15.0. The molecule has 2 N–H and O–H groups in total. The van der Waals surface area contributed by atoms with Gasteiger partial charge in [0, 0.05) is 30.2 Å². The molecule has 1 aromatic heterocycles. The van der Waals surface area contributed by atoms with Crippen molar-refractivity contribution in [3.05, 3.63) is 48.8 Å². The number of halogens is 2. The number of aromatic nitrogens is 1. The van der Waals surface area contributed by atoms with E-state index in [0.29, 0.717) is 17.7 Å². The number of carbonyl (C=O) groups excluding carboxylic acids is 1. The van der Waals surface area contributed by atoms with Gasteiger partial charge in [-0.2, -0.15) is 0 Å². The van der Waals surface area contributed by atoms with Gasteiger partial charge >= 0.3 is 0 Å². The highest BCUT2D eigenvalue weighted by Gasteiger charge is 2.38. The third-order valence-corrected chi connectivity index (χ3v) is 5.17. The minimum Gasteiger partial charge on any atom is -0.457 e. The average Bonchev–Trinajstić information content (AvgIpc) is 3.07. The molecule has 1 saturated carbocycles. The number of hydrogen-bond acceptors (Lipinski definition) is 4. The SMILES string of the molecule is Cl.Cl.O=C(Nc1cccc(Oc2ccncc2)c1)C1CC2CCCCC2N1. The predicted molar refractivity (Wildman–Crippen MR) is 111 cm³/mol.